The van der Waals surface area contributed by atoms with Crippen molar-refractivity contribution in [2.45, 2.75) is 32.8 Å². The number of nitrogens with one attached hydrogen (secondary N) is 1. The van der Waals surface area contributed by atoms with Crippen LogP contribution in [0.15, 0.2) is 24.3 Å². The van der Waals surface area contributed by atoms with Crippen LogP contribution in [0.5, 0.6) is 0 Å². The number of carbonyl (C=O) groups is 2. The fraction of sp³-hybridized carbons (Fsp3) is 0.467. The molecular weight excluding hydrogens is 258 g/mol. The number of ether oxygens (including phenoxy) is 2. The van der Waals surface area contributed by atoms with E-state index in [4.69, 9.17) is 9.47 Å². The highest BCUT2D eigenvalue weighted by Gasteiger charge is 2.08. The summed E-state index contributed by atoms with van der Waals surface area (Å²) in [6, 6.07) is 6.63. The van der Waals surface area contributed by atoms with Gasteiger partial charge in [-0.15, -0.1) is 0 Å². The van der Waals surface area contributed by atoms with E-state index >= 15 is 0 Å². The van der Waals surface area contributed by atoms with Crippen LogP contribution in [0.25, 0.3) is 0 Å². The van der Waals surface area contributed by atoms with Gasteiger partial charge in [-0.05, 0) is 44.5 Å². The average molecular weight is 279 g/mol. The molecule has 1 N–H and O–H groups in total. The number of anilines is 1. The summed E-state index contributed by atoms with van der Waals surface area (Å²) in [5, 5.41) is 2.77. The summed E-state index contributed by atoms with van der Waals surface area (Å²) in [6.45, 7) is 4.02. The largest absolute Gasteiger partial charge is 0.462 e. The van der Waals surface area contributed by atoms with Gasteiger partial charge in [-0.2, -0.15) is 0 Å². The summed E-state index contributed by atoms with van der Waals surface area (Å²) in [7, 11) is 1.62. The van der Waals surface area contributed by atoms with Gasteiger partial charge in [0.2, 0.25) is 5.91 Å². The maximum absolute atomic E-state index is 11.7. The second-order valence-corrected chi connectivity index (χ2v) is 4.43. The molecular formula is C15H21NO4. The Kier molecular flexibility index (Phi) is 6.73. The van der Waals surface area contributed by atoms with Crippen LogP contribution in [0.4, 0.5) is 5.69 Å². The molecule has 110 valence electrons. The lowest BCUT2D eigenvalue weighted by atomic mass is 10.2. The van der Waals surface area contributed by atoms with Gasteiger partial charge in [0.05, 0.1) is 18.3 Å². The fourth-order valence-corrected chi connectivity index (χ4v) is 1.58. The van der Waals surface area contributed by atoms with Gasteiger partial charge in [0, 0.05) is 19.2 Å². The molecule has 0 aromatic heterocycles. The first kappa shape index (κ1) is 16.2. The van der Waals surface area contributed by atoms with E-state index in [-0.39, 0.29) is 18.0 Å². The van der Waals surface area contributed by atoms with Gasteiger partial charge in [0.1, 0.15) is 0 Å². The van der Waals surface area contributed by atoms with E-state index in [9.17, 15) is 9.59 Å². The van der Waals surface area contributed by atoms with Crippen LogP contribution < -0.4 is 5.32 Å². The van der Waals surface area contributed by atoms with Crippen LogP contribution >= 0.6 is 0 Å². The Morgan fingerprint density at radius 3 is 2.45 bits per heavy atom. The third-order valence-electron chi connectivity index (χ3n) is 2.86. The molecule has 0 saturated heterocycles. The smallest absolute Gasteiger partial charge is 0.338 e. The quantitative estimate of drug-likeness (QED) is 0.779. The molecule has 0 heterocycles. The van der Waals surface area contributed by atoms with Crippen LogP contribution in [-0.2, 0) is 14.3 Å². The van der Waals surface area contributed by atoms with E-state index in [1.54, 1.807) is 38.3 Å². The van der Waals surface area contributed by atoms with Crippen molar-refractivity contribution in [1.82, 2.24) is 0 Å². The van der Waals surface area contributed by atoms with Crippen molar-refractivity contribution in [3.05, 3.63) is 29.8 Å². The molecule has 0 saturated carbocycles. The maximum Gasteiger partial charge on any atom is 0.338 e. The minimum absolute atomic E-state index is 0.0620. The Morgan fingerprint density at radius 1 is 1.25 bits per heavy atom. The lowest BCUT2D eigenvalue weighted by Gasteiger charge is -2.09. The number of benzene rings is 1. The molecule has 1 rings (SSSR count). The monoisotopic (exact) mass is 279 g/mol. The molecule has 0 aliphatic heterocycles. The van der Waals surface area contributed by atoms with Crippen molar-refractivity contribution in [3.8, 4) is 0 Å². The van der Waals surface area contributed by atoms with Gasteiger partial charge in [0.15, 0.2) is 0 Å². The maximum atomic E-state index is 11.7. The van der Waals surface area contributed by atoms with Crippen LogP contribution in [0.2, 0.25) is 0 Å². The zero-order valence-electron chi connectivity index (χ0n) is 12.1. The van der Waals surface area contributed by atoms with Crippen LogP contribution in [-0.4, -0.2) is 31.7 Å². The summed E-state index contributed by atoms with van der Waals surface area (Å²) in [4.78, 5) is 23.2. The topological polar surface area (TPSA) is 64.6 Å². The number of methoxy groups -OCH3 is 1. The molecule has 1 amide bonds. The van der Waals surface area contributed by atoms with Crippen molar-refractivity contribution >= 4 is 17.6 Å². The zero-order chi connectivity index (χ0) is 15.0. The Labute approximate surface area is 119 Å². The lowest BCUT2D eigenvalue weighted by molar-refractivity contribution is -0.116. The van der Waals surface area contributed by atoms with Crippen molar-refractivity contribution in [1.29, 1.82) is 0 Å². The molecule has 0 aliphatic carbocycles. The molecule has 1 aromatic rings. The normalized spacial score (nSPS) is 11.8. The third-order valence-corrected chi connectivity index (χ3v) is 2.86. The van der Waals surface area contributed by atoms with E-state index in [0.29, 0.717) is 30.7 Å². The van der Waals surface area contributed by atoms with E-state index in [2.05, 4.69) is 5.32 Å². The van der Waals surface area contributed by atoms with Gasteiger partial charge in [0.25, 0.3) is 0 Å². The van der Waals surface area contributed by atoms with Gasteiger partial charge >= 0.3 is 5.97 Å². The van der Waals surface area contributed by atoms with Gasteiger partial charge in [-0.25, -0.2) is 4.79 Å². The summed E-state index contributed by atoms with van der Waals surface area (Å²) in [5.74, 6) is -0.433. The molecule has 0 bridgehead atoms. The van der Waals surface area contributed by atoms with Crippen LogP contribution in [0.3, 0.4) is 0 Å². The highest BCUT2D eigenvalue weighted by Crippen LogP contribution is 2.11. The molecule has 0 fully saturated rings. The van der Waals surface area contributed by atoms with E-state index in [0.717, 1.165) is 0 Å². The molecule has 5 nitrogen and oxygen atoms in total. The molecule has 1 atom stereocenters. The number of amides is 1. The second-order valence-electron chi connectivity index (χ2n) is 4.43. The third kappa shape index (κ3) is 5.40. The first-order valence-corrected chi connectivity index (χ1v) is 6.66. The lowest BCUT2D eigenvalue weighted by Crippen LogP contribution is -2.15. The van der Waals surface area contributed by atoms with Crippen molar-refractivity contribution in [2.75, 3.05) is 19.0 Å². The summed E-state index contributed by atoms with van der Waals surface area (Å²) in [6.07, 6.45) is 1.13. The summed E-state index contributed by atoms with van der Waals surface area (Å²) < 4.78 is 9.97. The number of hydrogen-bond donors (Lipinski definition) is 1. The first-order chi connectivity index (χ1) is 9.56. The fourth-order valence-electron chi connectivity index (χ4n) is 1.58. The van der Waals surface area contributed by atoms with Gasteiger partial charge < -0.3 is 14.8 Å². The molecule has 0 radical (unpaired) electrons. The van der Waals surface area contributed by atoms with Gasteiger partial charge in [-0.1, -0.05) is 0 Å². The predicted molar refractivity (Wildman–Crippen MR) is 76.7 cm³/mol. The molecule has 1 unspecified atom stereocenters. The number of hydrogen-bond acceptors (Lipinski definition) is 4. The highest BCUT2D eigenvalue weighted by atomic mass is 16.5. The standard InChI is InChI=1S/C15H21NO4/c1-4-20-15(18)12-6-8-13(9-7-12)16-14(17)10-5-11(2)19-3/h6-9,11H,4-5,10H2,1-3H3,(H,16,17). The molecule has 0 aliphatic rings. The SMILES string of the molecule is CCOC(=O)c1ccc(NC(=O)CCC(C)OC)cc1. The highest BCUT2D eigenvalue weighted by molar-refractivity contribution is 5.93. The van der Waals surface area contributed by atoms with Crippen LogP contribution in [0, 0.1) is 0 Å². The van der Waals surface area contributed by atoms with Crippen LogP contribution in [0.1, 0.15) is 37.0 Å². The second kappa shape index (κ2) is 8.32. The summed E-state index contributed by atoms with van der Waals surface area (Å²) in [5.41, 5.74) is 1.13. The Balaban J connectivity index is 2.48. The van der Waals surface area contributed by atoms with Crippen molar-refractivity contribution in [2.24, 2.45) is 0 Å². The minimum Gasteiger partial charge on any atom is -0.462 e. The van der Waals surface area contributed by atoms with Gasteiger partial charge in [-0.3, -0.25) is 4.79 Å². The van der Waals surface area contributed by atoms with Crippen molar-refractivity contribution < 1.29 is 19.1 Å². The van der Waals surface area contributed by atoms with E-state index < -0.39 is 0 Å². The predicted octanol–water partition coefficient (Wildman–Crippen LogP) is 2.62. The Morgan fingerprint density at radius 2 is 1.90 bits per heavy atom. The Bertz CT molecular complexity index is 442. The molecule has 0 spiro atoms. The van der Waals surface area contributed by atoms with E-state index in [1.165, 1.54) is 0 Å². The van der Waals surface area contributed by atoms with Crippen molar-refractivity contribution in [3.63, 3.8) is 0 Å². The Hall–Kier alpha value is -1.88. The average Bonchev–Trinajstić information content (AvgIpc) is 2.45. The minimum atomic E-state index is -0.362. The molecule has 1 aromatic carbocycles. The zero-order valence-corrected chi connectivity index (χ0v) is 12.1. The molecule has 20 heavy (non-hydrogen) atoms. The number of esters is 1. The molecule has 5 heteroatoms. The number of carbonyl (C=O) groups excluding carboxylic acids is 2. The first-order valence-electron chi connectivity index (χ1n) is 6.66. The van der Waals surface area contributed by atoms with E-state index in [1.807, 2.05) is 6.92 Å². The summed E-state index contributed by atoms with van der Waals surface area (Å²) >= 11 is 0. The number of rotatable bonds is 7.